The molecule has 5 rings (SSSR count). The van der Waals surface area contributed by atoms with Gasteiger partial charge in [0.1, 0.15) is 6.10 Å². The number of aliphatic hydroxyl groups is 1. The lowest BCUT2D eigenvalue weighted by Crippen LogP contribution is -2.66. The molecule has 3 fully saturated rings. The number of hydrogen-bond acceptors (Lipinski definition) is 3. The van der Waals surface area contributed by atoms with Crippen molar-refractivity contribution in [2.45, 2.75) is 118 Å². The van der Waals surface area contributed by atoms with Gasteiger partial charge in [-0.25, -0.2) is 0 Å². The molecule has 0 aromatic heterocycles. The molecule has 5 aliphatic rings. The minimum Gasteiger partial charge on any atom is -0.458 e. The van der Waals surface area contributed by atoms with Gasteiger partial charge in [0.15, 0.2) is 0 Å². The molecule has 8 atom stereocenters. The normalized spacial score (nSPS) is 50.7. The summed E-state index contributed by atoms with van der Waals surface area (Å²) in [4.78, 5) is 12.2. The molecule has 0 spiro atoms. The fraction of sp³-hybridized carbons (Fsp3) is 0.839. The maximum Gasteiger partial charge on any atom is 0.303 e. The van der Waals surface area contributed by atoms with Crippen LogP contribution in [0.25, 0.3) is 0 Å². The Morgan fingerprint density at radius 3 is 2.32 bits per heavy atom. The lowest BCUT2D eigenvalue weighted by Gasteiger charge is -2.70. The van der Waals surface area contributed by atoms with Crippen LogP contribution >= 0.6 is 0 Å². The molecule has 34 heavy (non-hydrogen) atoms. The van der Waals surface area contributed by atoms with Crippen molar-refractivity contribution in [1.29, 1.82) is 0 Å². The molecule has 1 N–H and O–H groups in total. The number of hydrogen-bond donors (Lipinski definition) is 1. The van der Waals surface area contributed by atoms with Crippen LogP contribution in [0.15, 0.2) is 23.8 Å². The zero-order chi connectivity index (χ0) is 24.9. The number of fused-ring (bicyclic) bond motifs is 7. The Hall–Kier alpha value is -1.09. The van der Waals surface area contributed by atoms with Gasteiger partial charge in [-0.1, -0.05) is 66.2 Å². The Balaban J connectivity index is 1.62. The summed E-state index contributed by atoms with van der Waals surface area (Å²) in [5.74, 6) is 1.04. The summed E-state index contributed by atoms with van der Waals surface area (Å²) in [6, 6.07) is 0. The summed E-state index contributed by atoms with van der Waals surface area (Å²) in [7, 11) is 0. The zero-order valence-electron chi connectivity index (χ0n) is 23.0. The van der Waals surface area contributed by atoms with E-state index < -0.39 is 5.60 Å². The Morgan fingerprint density at radius 2 is 1.65 bits per heavy atom. The van der Waals surface area contributed by atoms with Gasteiger partial charge < -0.3 is 9.84 Å². The van der Waals surface area contributed by atoms with Crippen molar-refractivity contribution in [1.82, 2.24) is 0 Å². The van der Waals surface area contributed by atoms with Crippen LogP contribution in [0, 0.1) is 44.8 Å². The minimum absolute atomic E-state index is 0.0836. The van der Waals surface area contributed by atoms with Crippen molar-refractivity contribution in [3.05, 3.63) is 23.8 Å². The highest BCUT2D eigenvalue weighted by molar-refractivity contribution is 5.66. The summed E-state index contributed by atoms with van der Waals surface area (Å²) < 4.78 is 6.06. The average Bonchev–Trinajstić information content (AvgIpc) is 2.72. The van der Waals surface area contributed by atoms with E-state index in [1.807, 2.05) is 0 Å². The van der Waals surface area contributed by atoms with Crippen molar-refractivity contribution in [3.8, 4) is 0 Å². The van der Waals surface area contributed by atoms with Gasteiger partial charge in [0.2, 0.25) is 0 Å². The summed E-state index contributed by atoms with van der Waals surface area (Å²) in [6.07, 6.45) is 15.5. The third-order valence-electron chi connectivity index (χ3n) is 12.3. The van der Waals surface area contributed by atoms with Crippen LogP contribution in [0.1, 0.15) is 107 Å². The molecule has 4 unspecified atom stereocenters. The molecule has 0 radical (unpaired) electrons. The van der Waals surface area contributed by atoms with Crippen molar-refractivity contribution in [2.75, 3.05) is 0 Å². The Bertz CT molecular complexity index is 942. The number of esters is 1. The molecule has 0 saturated heterocycles. The van der Waals surface area contributed by atoms with Gasteiger partial charge in [-0.2, -0.15) is 0 Å². The summed E-state index contributed by atoms with van der Waals surface area (Å²) in [5, 5.41) is 11.8. The zero-order valence-corrected chi connectivity index (χ0v) is 23.0. The fourth-order valence-corrected chi connectivity index (χ4v) is 10.1. The van der Waals surface area contributed by atoms with E-state index in [1.54, 1.807) is 12.5 Å². The lowest BCUT2D eigenvalue weighted by atomic mass is 9.34. The molecular weight excluding hydrogens is 420 g/mol. The largest absolute Gasteiger partial charge is 0.458 e. The van der Waals surface area contributed by atoms with Crippen LogP contribution in [-0.4, -0.2) is 22.8 Å². The van der Waals surface area contributed by atoms with Crippen LogP contribution in [0.2, 0.25) is 0 Å². The van der Waals surface area contributed by atoms with E-state index in [-0.39, 0.29) is 45.1 Å². The second-order valence-corrected chi connectivity index (χ2v) is 14.9. The molecule has 5 aliphatic carbocycles. The highest BCUT2D eigenvalue weighted by Gasteiger charge is 2.69. The maximum absolute atomic E-state index is 12.2. The van der Waals surface area contributed by atoms with Crippen LogP contribution < -0.4 is 0 Å². The molecule has 3 heteroatoms. The highest BCUT2D eigenvalue weighted by Crippen LogP contribution is 2.74. The first kappa shape index (κ1) is 24.6. The molecule has 0 aromatic carbocycles. The van der Waals surface area contributed by atoms with Crippen LogP contribution in [-0.2, 0) is 9.53 Å². The SMILES string of the molecule is CC(=O)OC1C=CC(C)(C)C2CC[C@]3(C)C(CC=C4C5CC(C)(C)CC[C@]5(O)CC[C@@]43C)[C@@]12C. The summed E-state index contributed by atoms with van der Waals surface area (Å²) in [6.45, 7) is 18.6. The number of carbonyl (C=O) groups excluding carboxylic acids is 1. The van der Waals surface area contributed by atoms with Crippen LogP contribution in [0.4, 0.5) is 0 Å². The average molecular weight is 469 g/mol. The van der Waals surface area contributed by atoms with E-state index in [4.69, 9.17) is 4.74 Å². The van der Waals surface area contributed by atoms with E-state index in [1.165, 1.54) is 12.8 Å². The minimum atomic E-state index is -0.527. The van der Waals surface area contributed by atoms with Crippen molar-refractivity contribution in [3.63, 3.8) is 0 Å². The van der Waals surface area contributed by atoms with Crippen molar-refractivity contribution >= 4 is 5.97 Å². The molecule has 0 bridgehead atoms. The van der Waals surface area contributed by atoms with E-state index in [2.05, 4.69) is 66.7 Å². The third-order valence-corrected chi connectivity index (χ3v) is 12.3. The first-order valence-corrected chi connectivity index (χ1v) is 13.9. The van der Waals surface area contributed by atoms with E-state index in [0.717, 1.165) is 38.5 Å². The Kier molecular flexibility index (Phi) is 5.23. The third kappa shape index (κ3) is 3.14. The molecule has 3 nitrogen and oxygen atoms in total. The standard InChI is InChI=1S/C31H48O3/c1-20(32)34-25-12-13-27(4,5)23-11-14-29(7)24(30(23,25)8)10-9-21-22-19-26(2,3)15-17-31(22,33)18-16-28(21,29)6/h9,12-13,22-25,33H,10-11,14-19H2,1-8H3/t22?,23?,24?,25?,28-,29+,30-,31-/m0/s1. The topological polar surface area (TPSA) is 46.5 Å². The Morgan fingerprint density at radius 1 is 0.971 bits per heavy atom. The van der Waals surface area contributed by atoms with Gasteiger partial charge in [-0.15, -0.1) is 0 Å². The monoisotopic (exact) mass is 468 g/mol. The van der Waals surface area contributed by atoms with Crippen LogP contribution in [0.3, 0.4) is 0 Å². The summed E-state index contributed by atoms with van der Waals surface area (Å²) >= 11 is 0. The smallest absolute Gasteiger partial charge is 0.303 e. The molecule has 3 saturated carbocycles. The lowest BCUT2D eigenvalue weighted by molar-refractivity contribution is -0.207. The van der Waals surface area contributed by atoms with Crippen molar-refractivity contribution < 1.29 is 14.6 Å². The van der Waals surface area contributed by atoms with Crippen molar-refractivity contribution in [2.24, 2.45) is 44.8 Å². The molecule has 0 aliphatic heterocycles. The molecule has 190 valence electrons. The van der Waals surface area contributed by atoms with E-state index in [9.17, 15) is 9.90 Å². The molecular formula is C31H48O3. The molecule has 0 amide bonds. The Labute approximate surface area is 207 Å². The fourth-order valence-electron chi connectivity index (χ4n) is 10.1. The first-order chi connectivity index (χ1) is 15.6. The summed E-state index contributed by atoms with van der Waals surface area (Å²) in [5.41, 5.74) is 1.53. The van der Waals surface area contributed by atoms with Gasteiger partial charge >= 0.3 is 5.97 Å². The van der Waals surface area contributed by atoms with Gasteiger partial charge in [0.05, 0.1) is 5.60 Å². The predicted octanol–water partition coefficient (Wildman–Crippen LogP) is 7.24. The molecule has 0 heterocycles. The predicted molar refractivity (Wildman–Crippen MR) is 137 cm³/mol. The van der Waals surface area contributed by atoms with Crippen LogP contribution in [0.5, 0.6) is 0 Å². The number of ether oxygens (including phenoxy) is 1. The number of allylic oxidation sites excluding steroid dienone is 2. The second-order valence-electron chi connectivity index (χ2n) is 14.9. The number of carbonyl (C=O) groups is 1. The number of rotatable bonds is 1. The van der Waals surface area contributed by atoms with Gasteiger partial charge in [-0.05, 0) is 90.9 Å². The van der Waals surface area contributed by atoms with Gasteiger partial charge in [-0.3, -0.25) is 4.79 Å². The van der Waals surface area contributed by atoms with Gasteiger partial charge in [0.25, 0.3) is 0 Å². The van der Waals surface area contributed by atoms with E-state index in [0.29, 0.717) is 11.8 Å². The maximum atomic E-state index is 12.2. The second kappa shape index (κ2) is 7.24. The first-order valence-electron chi connectivity index (χ1n) is 13.9. The molecule has 0 aromatic rings. The highest BCUT2D eigenvalue weighted by atomic mass is 16.5. The van der Waals surface area contributed by atoms with E-state index >= 15 is 0 Å². The quantitative estimate of drug-likeness (QED) is 0.326. The van der Waals surface area contributed by atoms with Gasteiger partial charge in [0, 0.05) is 18.3 Å².